The van der Waals surface area contributed by atoms with E-state index in [1.165, 1.54) is 18.7 Å². The number of ether oxygens (including phenoxy) is 2. The van der Waals surface area contributed by atoms with E-state index in [1.54, 1.807) is 9.47 Å². The highest BCUT2D eigenvalue weighted by Gasteiger charge is 2.26. The summed E-state index contributed by atoms with van der Waals surface area (Å²) in [5.74, 6) is -0.170. The largest absolute Gasteiger partial charge is 0.491 e. The van der Waals surface area contributed by atoms with Crippen LogP contribution in [0.3, 0.4) is 0 Å². The number of carbonyl (C=O) groups is 2. The number of amides is 1. The monoisotopic (exact) mass is 439 g/mol. The first kappa shape index (κ1) is 22.1. The van der Waals surface area contributed by atoms with Gasteiger partial charge in [-0.25, -0.2) is 4.79 Å². The van der Waals surface area contributed by atoms with Gasteiger partial charge in [-0.3, -0.25) is 14.5 Å². The third-order valence-electron chi connectivity index (χ3n) is 6.11. The maximum absolute atomic E-state index is 12.9. The number of carbonyl (C=O) groups excluding carboxylic acids is 2. The van der Waals surface area contributed by atoms with Crippen LogP contribution in [0.2, 0.25) is 0 Å². The van der Waals surface area contributed by atoms with Crippen LogP contribution < -0.4 is 10.3 Å². The van der Waals surface area contributed by atoms with Gasteiger partial charge in [0.05, 0.1) is 13.7 Å². The van der Waals surface area contributed by atoms with Crippen LogP contribution in [0.15, 0.2) is 41.2 Å². The Hall–Kier alpha value is -3.13. The van der Waals surface area contributed by atoms with E-state index in [0.29, 0.717) is 50.3 Å². The number of likely N-dealkylation sites (tertiary alicyclic amines) is 1. The van der Waals surface area contributed by atoms with Crippen LogP contribution in [0.4, 0.5) is 0 Å². The Kier molecular flexibility index (Phi) is 6.90. The smallest absolute Gasteiger partial charge is 0.343 e. The summed E-state index contributed by atoms with van der Waals surface area (Å²) < 4.78 is 12.6. The van der Waals surface area contributed by atoms with E-state index in [0.717, 1.165) is 19.5 Å². The standard InChI is InChI=1S/C24H29N3O5/c1-31-24(30)23-19-9-11-25(17-18-6-3-2-4-7-18)12-13-27(19)22(29)16-20(23)32-15-14-26-10-5-8-21(26)28/h2-4,6-7,16H,5,8-15,17H2,1H3. The van der Waals surface area contributed by atoms with Crippen molar-refractivity contribution in [3.63, 3.8) is 0 Å². The van der Waals surface area contributed by atoms with Gasteiger partial charge in [-0.1, -0.05) is 30.3 Å². The van der Waals surface area contributed by atoms with Crippen LogP contribution in [-0.2, 0) is 29.0 Å². The van der Waals surface area contributed by atoms with Crippen molar-refractivity contribution in [2.45, 2.75) is 32.4 Å². The van der Waals surface area contributed by atoms with E-state index in [2.05, 4.69) is 17.0 Å². The van der Waals surface area contributed by atoms with Gasteiger partial charge in [-0.05, 0) is 12.0 Å². The van der Waals surface area contributed by atoms with Gasteiger partial charge in [0.1, 0.15) is 17.9 Å². The van der Waals surface area contributed by atoms with E-state index < -0.39 is 5.97 Å². The molecule has 0 spiro atoms. The van der Waals surface area contributed by atoms with Crippen molar-refractivity contribution in [2.24, 2.45) is 0 Å². The Morgan fingerprint density at radius 1 is 1.03 bits per heavy atom. The van der Waals surface area contributed by atoms with Crippen LogP contribution in [0.5, 0.6) is 5.75 Å². The van der Waals surface area contributed by atoms with Crippen LogP contribution in [0, 0.1) is 0 Å². The second-order valence-electron chi connectivity index (χ2n) is 8.16. The number of rotatable bonds is 7. The fourth-order valence-electron chi connectivity index (χ4n) is 4.44. The fraction of sp³-hybridized carbons (Fsp3) is 0.458. The Balaban J connectivity index is 1.54. The first-order valence-electron chi connectivity index (χ1n) is 11.1. The summed E-state index contributed by atoms with van der Waals surface area (Å²) in [5, 5.41) is 0. The molecular formula is C24H29N3O5. The minimum atomic E-state index is -0.516. The zero-order chi connectivity index (χ0) is 22.5. The molecule has 1 aromatic carbocycles. The third-order valence-corrected chi connectivity index (χ3v) is 6.11. The van der Waals surface area contributed by atoms with E-state index in [1.807, 2.05) is 18.2 Å². The lowest BCUT2D eigenvalue weighted by Gasteiger charge is -2.19. The van der Waals surface area contributed by atoms with Crippen molar-refractivity contribution in [2.75, 3.05) is 39.9 Å². The van der Waals surface area contributed by atoms with E-state index in [9.17, 15) is 14.4 Å². The lowest BCUT2D eigenvalue weighted by atomic mass is 10.1. The second-order valence-corrected chi connectivity index (χ2v) is 8.16. The minimum absolute atomic E-state index is 0.113. The Morgan fingerprint density at radius 3 is 2.56 bits per heavy atom. The van der Waals surface area contributed by atoms with Gasteiger partial charge in [0, 0.05) is 57.3 Å². The first-order valence-corrected chi connectivity index (χ1v) is 11.1. The van der Waals surface area contributed by atoms with Crippen LogP contribution in [0.25, 0.3) is 0 Å². The van der Waals surface area contributed by atoms with Crippen LogP contribution >= 0.6 is 0 Å². The van der Waals surface area contributed by atoms with Crippen molar-refractivity contribution in [3.8, 4) is 5.75 Å². The van der Waals surface area contributed by atoms with Gasteiger partial charge in [-0.15, -0.1) is 0 Å². The van der Waals surface area contributed by atoms with Gasteiger partial charge in [0.25, 0.3) is 5.56 Å². The zero-order valence-electron chi connectivity index (χ0n) is 18.4. The molecule has 8 heteroatoms. The SMILES string of the molecule is COC(=O)c1c(OCCN2CCCC2=O)cc(=O)n2c1CCN(Cc1ccccc1)CC2. The molecule has 2 aliphatic rings. The van der Waals surface area contributed by atoms with Crippen molar-refractivity contribution in [3.05, 3.63) is 63.6 Å². The molecule has 8 nitrogen and oxygen atoms in total. The molecule has 1 aromatic heterocycles. The van der Waals surface area contributed by atoms with Gasteiger partial charge < -0.3 is 18.9 Å². The maximum atomic E-state index is 12.9. The molecule has 0 radical (unpaired) electrons. The predicted octanol–water partition coefficient (Wildman–Crippen LogP) is 1.69. The zero-order valence-corrected chi connectivity index (χ0v) is 18.4. The molecule has 2 aliphatic heterocycles. The molecule has 170 valence electrons. The summed E-state index contributed by atoms with van der Waals surface area (Å²) in [6, 6.07) is 11.6. The van der Waals surface area contributed by atoms with E-state index >= 15 is 0 Å². The quantitative estimate of drug-likeness (QED) is 0.611. The lowest BCUT2D eigenvalue weighted by Crippen LogP contribution is -2.31. The molecule has 4 rings (SSSR count). The summed E-state index contributed by atoms with van der Waals surface area (Å²) in [6.07, 6.45) is 1.95. The van der Waals surface area contributed by atoms with Crippen molar-refractivity contribution in [1.29, 1.82) is 0 Å². The molecule has 1 saturated heterocycles. The predicted molar refractivity (Wildman–Crippen MR) is 119 cm³/mol. The van der Waals surface area contributed by atoms with Crippen LogP contribution in [0.1, 0.15) is 34.5 Å². The average molecular weight is 440 g/mol. The number of aromatic nitrogens is 1. The highest BCUT2D eigenvalue weighted by atomic mass is 16.5. The molecular weight excluding hydrogens is 410 g/mol. The fourth-order valence-corrected chi connectivity index (χ4v) is 4.44. The highest BCUT2D eigenvalue weighted by molar-refractivity contribution is 5.93. The van der Waals surface area contributed by atoms with Gasteiger partial charge >= 0.3 is 5.97 Å². The topological polar surface area (TPSA) is 81.1 Å². The molecule has 0 aliphatic carbocycles. The number of methoxy groups -OCH3 is 1. The number of fused-ring (bicyclic) bond motifs is 1. The molecule has 0 atom stereocenters. The van der Waals surface area contributed by atoms with E-state index in [-0.39, 0.29) is 23.8 Å². The number of hydrogen-bond acceptors (Lipinski definition) is 6. The van der Waals surface area contributed by atoms with Crippen molar-refractivity contribution in [1.82, 2.24) is 14.4 Å². The normalized spacial score (nSPS) is 16.5. The number of benzene rings is 1. The minimum Gasteiger partial charge on any atom is -0.491 e. The number of hydrogen-bond donors (Lipinski definition) is 0. The third kappa shape index (κ3) is 4.85. The molecule has 2 aromatic rings. The van der Waals surface area contributed by atoms with Crippen molar-refractivity contribution >= 4 is 11.9 Å². The van der Waals surface area contributed by atoms with Gasteiger partial charge in [0.15, 0.2) is 0 Å². The lowest BCUT2D eigenvalue weighted by molar-refractivity contribution is -0.128. The molecule has 0 N–H and O–H groups in total. The molecule has 0 unspecified atom stereocenters. The number of nitrogens with zero attached hydrogens (tertiary/aromatic N) is 3. The van der Waals surface area contributed by atoms with Gasteiger partial charge in [-0.2, -0.15) is 0 Å². The first-order chi connectivity index (χ1) is 15.6. The van der Waals surface area contributed by atoms with Crippen molar-refractivity contribution < 1.29 is 19.1 Å². The molecule has 1 amide bonds. The summed E-state index contributed by atoms with van der Waals surface area (Å²) in [7, 11) is 1.33. The molecule has 0 saturated carbocycles. The summed E-state index contributed by atoms with van der Waals surface area (Å²) >= 11 is 0. The maximum Gasteiger partial charge on any atom is 0.343 e. The molecule has 1 fully saturated rings. The Labute approximate surface area is 187 Å². The molecule has 32 heavy (non-hydrogen) atoms. The molecule has 0 bridgehead atoms. The second kappa shape index (κ2) is 9.99. The van der Waals surface area contributed by atoms with Crippen LogP contribution in [-0.4, -0.2) is 66.1 Å². The Morgan fingerprint density at radius 2 is 1.84 bits per heavy atom. The summed E-state index contributed by atoms with van der Waals surface area (Å²) in [4.78, 5) is 41.4. The number of esters is 1. The summed E-state index contributed by atoms with van der Waals surface area (Å²) in [5.41, 5.74) is 1.97. The molecule has 3 heterocycles. The average Bonchev–Trinajstić information content (AvgIpc) is 3.09. The Bertz CT molecular complexity index is 1030. The highest BCUT2D eigenvalue weighted by Crippen LogP contribution is 2.24. The van der Waals surface area contributed by atoms with E-state index in [4.69, 9.17) is 9.47 Å². The number of pyridine rings is 1. The van der Waals surface area contributed by atoms with Gasteiger partial charge in [0.2, 0.25) is 5.91 Å². The summed E-state index contributed by atoms with van der Waals surface area (Å²) in [6.45, 7) is 4.07.